The molecule has 0 spiro atoms. The Morgan fingerprint density at radius 3 is 2.60 bits per heavy atom. The van der Waals surface area contributed by atoms with E-state index < -0.39 is 0 Å². The number of rotatable bonds is 6. The number of hydrogen-bond acceptors (Lipinski definition) is 3. The van der Waals surface area contributed by atoms with E-state index in [-0.39, 0.29) is 5.91 Å². The molecular formula is C19H21BrN2O2S. The van der Waals surface area contributed by atoms with Gasteiger partial charge in [-0.2, -0.15) is 0 Å². The van der Waals surface area contributed by atoms with Crippen LogP contribution in [-0.4, -0.2) is 29.6 Å². The van der Waals surface area contributed by atoms with Crippen LogP contribution in [0.1, 0.15) is 29.3 Å². The lowest BCUT2D eigenvalue weighted by atomic mass is 10.2. The fourth-order valence-electron chi connectivity index (χ4n) is 2.16. The first-order valence-corrected chi connectivity index (χ1v) is 9.24. The second-order valence-corrected chi connectivity index (χ2v) is 6.84. The Labute approximate surface area is 162 Å². The summed E-state index contributed by atoms with van der Waals surface area (Å²) in [6.07, 6.45) is 0.927. The van der Waals surface area contributed by atoms with Crippen molar-refractivity contribution >= 4 is 39.2 Å². The Kier molecular flexibility index (Phi) is 7.40. The van der Waals surface area contributed by atoms with Gasteiger partial charge in [-0.05, 0) is 58.3 Å². The average Bonchev–Trinajstić information content (AvgIpc) is 2.61. The molecule has 2 aromatic rings. The highest BCUT2D eigenvalue weighted by molar-refractivity contribution is 9.10. The van der Waals surface area contributed by atoms with E-state index in [0.717, 1.165) is 22.2 Å². The minimum Gasteiger partial charge on any atom is -0.492 e. The molecule has 0 saturated carbocycles. The smallest absolute Gasteiger partial charge is 0.257 e. The number of amides is 1. The van der Waals surface area contributed by atoms with Crippen LogP contribution in [0.25, 0.3) is 0 Å². The lowest BCUT2D eigenvalue weighted by molar-refractivity contribution is 0.0973. The maximum Gasteiger partial charge on any atom is 0.257 e. The molecule has 0 radical (unpaired) electrons. The van der Waals surface area contributed by atoms with Gasteiger partial charge in [0.1, 0.15) is 5.75 Å². The third-order valence-corrected chi connectivity index (χ3v) is 4.52. The first-order valence-electron chi connectivity index (χ1n) is 8.04. The van der Waals surface area contributed by atoms with Crippen LogP contribution in [0, 0.1) is 0 Å². The standard InChI is InChI=1S/C19H21BrN2O2S/c1-3-11-24-17-10-9-15(12-16(17)20)18(23)21-19(25)22(2)13-14-7-5-4-6-8-14/h4-10,12H,3,11,13H2,1-2H3,(H,21,23,25). The largest absolute Gasteiger partial charge is 0.492 e. The first kappa shape index (κ1) is 19.4. The van der Waals surface area contributed by atoms with Crippen molar-refractivity contribution in [1.82, 2.24) is 10.2 Å². The van der Waals surface area contributed by atoms with Crippen molar-refractivity contribution in [2.75, 3.05) is 13.7 Å². The topological polar surface area (TPSA) is 41.6 Å². The minimum atomic E-state index is -0.243. The Hall–Kier alpha value is -1.92. The van der Waals surface area contributed by atoms with Gasteiger partial charge in [0.05, 0.1) is 11.1 Å². The van der Waals surface area contributed by atoms with E-state index in [1.54, 1.807) is 18.2 Å². The molecule has 0 bridgehead atoms. The molecule has 1 amide bonds. The van der Waals surface area contributed by atoms with E-state index in [2.05, 4.69) is 21.2 Å². The molecule has 0 aliphatic rings. The summed E-state index contributed by atoms with van der Waals surface area (Å²) in [5, 5.41) is 3.15. The average molecular weight is 421 g/mol. The van der Waals surface area contributed by atoms with Crippen molar-refractivity contribution in [3.8, 4) is 5.75 Å². The Bertz CT molecular complexity index is 737. The maximum atomic E-state index is 12.4. The number of ether oxygens (including phenoxy) is 1. The third kappa shape index (κ3) is 5.83. The fraction of sp³-hybridized carbons (Fsp3) is 0.263. The minimum absolute atomic E-state index is 0.243. The quantitative estimate of drug-likeness (QED) is 0.703. The van der Waals surface area contributed by atoms with Crippen molar-refractivity contribution < 1.29 is 9.53 Å². The highest BCUT2D eigenvalue weighted by Crippen LogP contribution is 2.26. The van der Waals surface area contributed by atoms with Crippen LogP contribution >= 0.6 is 28.1 Å². The van der Waals surface area contributed by atoms with Crippen molar-refractivity contribution in [3.05, 3.63) is 64.1 Å². The van der Waals surface area contributed by atoms with Crippen molar-refractivity contribution in [2.45, 2.75) is 19.9 Å². The van der Waals surface area contributed by atoms with Crippen molar-refractivity contribution in [3.63, 3.8) is 0 Å². The van der Waals surface area contributed by atoms with Gasteiger partial charge in [-0.3, -0.25) is 10.1 Å². The van der Waals surface area contributed by atoms with Crippen molar-refractivity contribution in [2.24, 2.45) is 0 Å². The number of halogens is 1. The van der Waals surface area contributed by atoms with E-state index >= 15 is 0 Å². The summed E-state index contributed by atoms with van der Waals surface area (Å²) in [6.45, 7) is 3.31. The lowest BCUT2D eigenvalue weighted by Gasteiger charge is -2.20. The second kappa shape index (κ2) is 9.53. The number of hydrogen-bond donors (Lipinski definition) is 1. The van der Waals surface area contributed by atoms with E-state index in [9.17, 15) is 4.79 Å². The Morgan fingerprint density at radius 1 is 1.24 bits per heavy atom. The summed E-state index contributed by atoms with van der Waals surface area (Å²) in [7, 11) is 1.85. The number of nitrogens with zero attached hydrogens (tertiary/aromatic N) is 1. The zero-order valence-electron chi connectivity index (χ0n) is 14.3. The highest BCUT2D eigenvalue weighted by Gasteiger charge is 2.13. The van der Waals surface area contributed by atoms with Crippen LogP contribution in [-0.2, 0) is 6.54 Å². The summed E-state index contributed by atoms with van der Waals surface area (Å²) >= 11 is 8.76. The zero-order valence-corrected chi connectivity index (χ0v) is 16.7. The maximum absolute atomic E-state index is 12.4. The molecule has 0 aliphatic carbocycles. The normalized spacial score (nSPS) is 10.2. The molecule has 0 unspecified atom stereocenters. The number of carbonyl (C=O) groups is 1. The second-order valence-electron chi connectivity index (χ2n) is 5.59. The Balaban J connectivity index is 1.96. The fourth-order valence-corrected chi connectivity index (χ4v) is 2.82. The summed E-state index contributed by atoms with van der Waals surface area (Å²) in [4.78, 5) is 14.2. The van der Waals surface area contributed by atoms with E-state index in [4.69, 9.17) is 17.0 Å². The molecule has 0 saturated heterocycles. The van der Waals surface area contributed by atoms with E-state index in [1.807, 2.05) is 49.2 Å². The number of thiocarbonyl (C=S) groups is 1. The van der Waals surface area contributed by atoms with Gasteiger partial charge in [0.15, 0.2) is 5.11 Å². The molecule has 25 heavy (non-hydrogen) atoms. The molecule has 0 fully saturated rings. The molecule has 1 N–H and O–H groups in total. The molecule has 0 atom stereocenters. The molecular weight excluding hydrogens is 400 g/mol. The van der Waals surface area contributed by atoms with Crippen LogP contribution in [0.15, 0.2) is 53.0 Å². The lowest BCUT2D eigenvalue weighted by Crippen LogP contribution is -2.40. The number of nitrogens with one attached hydrogen (secondary N) is 1. The summed E-state index contributed by atoms with van der Waals surface area (Å²) < 4.78 is 6.34. The van der Waals surface area contributed by atoms with E-state index in [0.29, 0.717) is 23.8 Å². The summed E-state index contributed by atoms with van der Waals surface area (Å²) in [5.74, 6) is 0.481. The van der Waals surface area contributed by atoms with Crippen LogP contribution in [0.5, 0.6) is 5.75 Å². The Morgan fingerprint density at radius 2 is 1.96 bits per heavy atom. The molecule has 2 aromatic carbocycles. The molecule has 0 aromatic heterocycles. The number of carbonyl (C=O) groups excluding carboxylic acids is 1. The molecule has 0 heterocycles. The first-order chi connectivity index (χ1) is 12.0. The SMILES string of the molecule is CCCOc1ccc(C(=O)NC(=S)N(C)Cc2ccccc2)cc1Br. The van der Waals surface area contributed by atoms with Gasteiger partial charge < -0.3 is 9.64 Å². The van der Waals surface area contributed by atoms with Crippen molar-refractivity contribution in [1.29, 1.82) is 0 Å². The van der Waals surface area contributed by atoms with Gasteiger partial charge in [-0.15, -0.1) is 0 Å². The highest BCUT2D eigenvalue weighted by atomic mass is 79.9. The predicted octanol–water partition coefficient (Wildman–Crippen LogP) is 4.38. The van der Waals surface area contributed by atoms with Crippen LogP contribution < -0.4 is 10.1 Å². The van der Waals surface area contributed by atoms with E-state index in [1.165, 1.54) is 0 Å². The summed E-state index contributed by atoms with van der Waals surface area (Å²) in [5.41, 5.74) is 1.65. The predicted molar refractivity (Wildman–Crippen MR) is 108 cm³/mol. The third-order valence-electron chi connectivity index (χ3n) is 3.49. The van der Waals surface area contributed by atoms with Gasteiger partial charge in [0, 0.05) is 19.2 Å². The van der Waals surface area contributed by atoms with Gasteiger partial charge in [0.2, 0.25) is 0 Å². The molecule has 0 aliphatic heterocycles. The van der Waals surface area contributed by atoms with Gasteiger partial charge in [-0.1, -0.05) is 37.3 Å². The molecule has 6 heteroatoms. The zero-order chi connectivity index (χ0) is 18.2. The van der Waals surface area contributed by atoms with Gasteiger partial charge in [0.25, 0.3) is 5.91 Å². The number of benzene rings is 2. The van der Waals surface area contributed by atoms with Gasteiger partial charge in [-0.25, -0.2) is 0 Å². The monoisotopic (exact) mass is 420 g/mol. The van der Waals surface area contributed by atoms with Crippen LogP contribution in [0.2, 0.25) is 0 Å². The molecule has 4 nitrogen and oxygen atoms in total. The van der Waals surface area contributed by atoms with Crippen LogP contribution in [0.3, 0.4) is 0 Å². The van der Waals surface area contributed by atoms with Crippen LogP contribution in [0.4, 0.5) is 0 Å². The molecule has 2 rings (SSSR count). The summed E-state index contributed by atoms with van der Waals surface area (Å²) in [6, 6.07) is 15.2. The van der Waals surface area contributed by atoms with Gasteiger partial charge >= 0.3 is 0 Å². The molecule has 132 valence electrons.